The van der Waals surface area contributed by atoms with Gasteiger partial charge in [0.05, 0.1) is 37.9 Å². The third kappa shape index (κ3) is 24.5. The molecule has 21 aromatic carbocycles. The van der Waals surface area contributed by atoms with Crippen LogP contribution >= 0.6 is 55.1 Å². The first-order valence-corrected chi connectivity index (χ1v) is 51.2. The van der Waals surface area contributed by atoms with Crippen LogP contribution < -0.4 is 58.3 Å². The van der Waals surface area contributed by atoms with Gasteiger partial charge in [-0.15, -0.1) is 0 Å². The summed E-state index contributed by atoms with van der Waals surface area (Å²) in [5, 5.41) is 42.9. The number of ether oxygens (including phenoxy) is 3. The molecule has 14 N–H and O–H groups in total. The minimum Gasteiger partial charge on any atom is -0.496 e. The maximum absolute atomic E-state index is 12.7. The highest BCUT2D eigenvalue weighted by Gasteiger charge is 2.53. The van der Waals surface area contributed by atoms with E-state index >= 15 is 0 Å². The monoisotopic (exact) mass is 2190 g/mol. The lowest BCUT2D eigenvalue weighted by Crippen LogP contribution is -2.41. The summed E-state index contributed by atoms with van der Waals surface area (Å²) in [5.74, 6) is 1.53. The van der Waals surface area contributed by atoms with E-state index in [1.807, 2.05) is 141 Å². The molecule has 1 fully saturated rings. The number of hydrogen-bond donors (Lipinski definition) is 8. The number of benzene rings is 21. The molecule has 0 aromatic heterocycles. The van der Waals surface area contributed by atoms with E-state index < -0.39 is 35.6 Å². The first-order chi connectivity index (χ1) is 70.5. The number of anilines is 5. The summed E-state index contributed by atoms with van der Waals surface area (Å²) in [6.45, 7) is 24.2. The Hall–Kier alpha value is -14.5. The summed E-state index contributed by atoms with van der Waals surface area (Å²) in [4.78, 5) is 0. The van der Waals surface area contributed by atoms with Gasteiger partial charge in [-0.2, -0.15) is 21.6 Å². The molecule has 0 atom stereocenters. The number of nitrogens with two attached hydrogens (primary N) is 6. The minimum absolute atomic E-state index is 0. The average molecular weight is 2190 g/mol. The number of halogens is 7. The summed E-state index contributed by atoms with van der Waals surface area (Å²) >= 11 is 18.7. The minimum atomic E-state index is -5.79. The molecule has 0 radical (unpaired) electrons. The molecule has 766 valence electrons. The molecule has 1 aliphatic heterocycles. The zero-order chi connectivity index (χ0) is 106. The third-order valence-corrected chi connectivity index (χ3v) is 29.2. The van der Waals surface area contributed by atoms with Crippen molar-refractivity contribution in [2.45, 2.75) is 101 Å². The molecule has 21 aromatic rings. The zero-order valence-electron chi connectivity index (χ0n) is 83.9. The van der Waals surface area contributed by atoms with Gasteiger partial charge in [-0.25, -0.2) is 0 Å². The number of nitrogen functional groups attached to an aromatic ring is 5. The summed E-state index contributed by atoms with van der Waals surface area (Å²) in [6.07, 6.45) is 1.49. The largest absolute Gasteiger partial charge is 0.534 e. The average Bonchev–Trinajstić information content (AvgIpc) is 1.49. The van der Waals surface area contributed by atoms with Crippen LogP contribution in [0.15, 0.2) is 346 Å². The third-order valence-electron chi connectivity index (χ3n) is 26.5. The van der Waals surface area contributed by atoms with Crippen LogP contribution in [0.3, 0.4) is 0 Å². The van der Waals surface area contributed by atoms with Crippen LogP contribution in [0.25, 0.3) is 160 Å². The first-order valence-electron chi connectivity index (χ1n) is 47.4. The molecule has 16 nitrogen and oxygen atoms in total. The van der Waals surface area contributed by atoms with E-state index in [0.29, 0.717) is 16.5 Å². The van der Waals surface area contributed by atoms with Crippen molar-refractivity contribution in [1.82, 2.24) is 0 Å². The van der Waals surface area contributed by atoms with Gasteiger partial charge in [-0.3, -0.25) is 0 Å². The predicted octanol–water partition coefficient (Wildman–Crippen LogP) is 32.7. The predicted molar refractivity (Wildman–Crippen MR) is 641 cm³/mol. The summed E-state index contributed by atoms with van der Waals surface area (Å²) in [5.41, 5.74) is 45.3. The first kappa shape index (κ1) is 113. The number of alkyl halides is 3. The molecule has 26 heteroatoms. The van der Waals surface area contributed by atoms with E-state index in [9.17, 15) is 21.6 Å². The van der Waals surface area contributed by atoms with Gasteiger partial charge in [-0.05, 0) is 386 Å². The lowest BCUT2D eigenvalue weighted by molar-refractivity contribution is -0.0499. The number of fused-ring (bicyclic) bond motifs is 16. The highest BCUT2D eigenvalue weighted by Crippen LogP contribution is 2.48. The second kappa shape index (κ2) is 47.5. The van der Waals surface area contributed by atoms with Crippen LogP contribution in [0.2, 0.25) is 16.9 Å². The van der Waals surface area contributed by atoms with E-state index in [1.165, 1.54) is 147 Å². The van der Waals surface area contributed by atoms with E-state index in [4.69, 9.17) is 91.2 Å². The lowest BCUT2D eigenvalue weighted by Gasteiger charge is -2.32. The molecule has 0 unspecified atom stereocenters. The Labute approximate surface area is 901 Å². The second-order valence-electron chi connectivity index (χ2n) is 37.0. The van der Waals surface area contributed by atoms with Gasteiger partial charge in [0.25, 0.3) is 0 Å². The SMILES string of the molecule is C.C.C=C(Br)c1cc(N)ccc1/C(Br)=C/N.CB(O)O.COc1cccc2c1c(-c1cc(C)c3cc(-c4cc5ccccc5c5cccc(C)c45)ccc3c1C)cc1ccccc12.COc1cccc2c1c(B1OC(C)(C)C(C)(C)O1)cc1ccccc12.COc1cccc2c1c(OS(=O)(=O)C(F)(F)F)cc1ccccc12.Cc1cc(Cl)c(C)c2ccc(Cl)cc12.Nc1ccc2cc(N)ccc2c1.Nc1ccc2cc(N)ccc2c1. The van der Waals surface area contributed by atoms with E-state index in [-0.39, 0.29) is 37.2 Å². The van der Waals surface area contributed by atoms with Crippen LogP contribution in [-0.2, 0) is 19.4 Å². The van der Waals surface area contributed by atoms with Gasteiger partial charge in [0, 0.05) is 64.4 Å². The molecule has 1 heterocycles. The molecule has 150 heavy (non-hydrogen) atoms. The maximum atomic E-state index is 12.7. The Kier molecular flexibility index (Phi) is 35.7. The fraction of sp³-hybridized carbons (Fsp3) is 0.145. The zero-order valence-corrected chi connectivity index (χ0v) is 89.4. The molecule has 0 aliphatic carbocycles. The van der Waals surface area contributed by atoms with Gasteiger partial charge in [0.2, 0.25) is 0 Å². The smallest absolute Gasteiger partial charge is 0.496 e. The van der Waals surface area contributed by atoms with Gasteiger partial charge < -0.3 is 72.2 Å². The Morgan fingerprint density at radius 1 is 0.393 bits per heavy atom. The molecule has 22 rings (SSSR count). The van der Waals surface area contributed by atoms with Crippen molar-refractivity contribution in [3.63, 3.8) is 0 Å². The quantitative estimate of drug-likeness (QED) is 0.0208. The van der Waals surface area contributed by atoms with Crippen molar-refractivity contribution in [3.8, 4) is 45.3 Å². The Morgan fingerprint density at radius 2 is 0.773 bits per heavy atom. The standard InChI is InChI=1S/C42H32O.C21H23BO3.C16H11F3O4S.C12H10Cl2.C10H10Br2N2.2C10H10N2.CH5BO2.2CH4/c1-25-11-9-16-34-32-14-7-5-12-28(32)23-38(41(25)34)30-19-20-31-27(3)37(21-26(2)36(31)22-30)39-24-29-13-6-8-15-33(29)35-17-10-18-40(43-4)42(35)39;1-20(2)21(3,4)25-22(24-20)17-13-14-9-6-7-10-15(14)16-11-8-12-18(23-5)19(16)17;1-22-13-8-4-7-12-11-6-3-2-5-10(11)9-14(15(12)13)23-24(20,21)16(17,18)19;1-7-5-12(14)8(2)10-4-3-9(13)6-11(7)10;1-6(11)9-4-7(14)2-3-8(9)10(12)5-13;2*11-9-3-1-7-5-10(12)4-2-8(7)6-9;1-2(3)4;;/h5-24H,1-4H3;6-13H,1-5H3;2-9H,1H3;3-6H,1-2H3;2-5H,1,13-14H2;2*1-6H,11-12H2;3-4H,1H3;2*1H4/b;;;;10-5-;;;;;. The molecule has 0 spiro atoms. The second-order valence-corrected chi connectivity index (χ2v) is 41.2. The van der Waals surface area contributed by atoms with Crippen LogP contribution in [0.1, 0.15) is 81.5 Å². The molecular formula is C124H119B2Br2Cl2F3N6O10S. The molecule has 0 bridgehead atoms. The van der Waals surface area contributed by atoms with Crippen molar-refractivity contribution >= 4 is 252 Å². The molecular weight excluding hydrogens is 2070 g/mol. The number of hydrogen-bond acceptors (Lipinski definition) is 16. The van der Waals surface area contributed by atoms with E-state index in [1.54, 1.807) is 50.6 Å². The summed E-state index contributed by atoms with van der Waals surface area (Å²) < 4.78 is 96.3. The van der Waals surface area contributed by atoms with Crippen LogP contribution in [-0.4, -0.2) is 70.7 Å². The summed E-state index contributed by atoms with van der Waals surface area (Å²) in [7, 11) is -2.57. The normalized spacial score (nSPS) is 12.4. The van der Waals surface area contributed by atoms with Gasteiger partial charge >= 0.3 is 29.9 Å². The highest BCUT2D eigenvalue weighted by molar-refractivity contribution is 9.15. The van der Waals surface area contributed by atoms with E-state index in [2.05, 4.69) is 249 Å². The van der Waals surface area contributed by atoms with Gasteiger partial charge in [-0.1, -0.05) is 273 Å². The fourth-order valence-corrected chi connectivity index (χ4v) is 20.2. The number of methoxy groups -OCH3 is 3. The van der Waals surface area contributed by atoms with Crippen molar-refractivity contribution in [2.75, 3.05) is 50.0 Å². The maximum Gasteiger partial charge on any atom is 0.534 e. The fourth-order valence-electron chi connectivity index (χ4n) is 18.6. The van der Waals surface area contributed by atoms with Crippen molar-refractivity contribution in [3.05, 3.63) is 395 Å². The van der Waals surface area contributed by atoms with E-state index in [0.717, 1.165) is 119 Å². The molecule has 1 aliphatic rings. The summed E-state index contributed by atoms with van der Waals surface area (Å²) in [6, 6.07) is 111. The topological polar surface area (TPSA) is 286 Å². The Bertz CT molecular complexity index is 8690. The van der Waals surface area contributed by atoms with Crippen molar-refractivity contribution < 1.29 is 59.3 Å². The molecule has 0 saturated carbocycles. The van der Waals surface area contributed by atoms with Gasteiger partial charge in [0.1, 0.15) is 17.2 Å². The Balaban J connectivity index is 0.000000153. The van der Waals surface area contributed by atoms with Crippen LogP contribution in [0.4, 0.5) is 41.6 Å². The number of aryl methyl sites for hydroxylation is 5. The highest BCUT2D eigenvalue weighted by atomic mass is 79.9. The van der Waals surface area contributed by atoms with Crippen LogP contribution in [0.5, 0.6) is 23.0 Å². The van der Waals surface area contributed by atoms with Gasteiger partial charge in [0.15, 0.2) is 5.75 Å². The lowest BCUT2D eigenvalue weighted by atomic mass is 9.74. The number of rotatable bonds is 10. The Morgan fingerprint density at radius 3 is 1.24 bits per heavy atom. The van der Waals surface area contributed by atoms with Crippen LogP contribution in [0, 0.1) is 34.6 Å². The van der Waals surface area contributed by atoms with Crippen molar-refractivity contribution in [2.24, 2.45) is 5.73 Å². The van der Waals surface area contributed by atoms with Crippen molar-refractivity contribution in [1.29, 1.82) is 0 Å². The molecule has 1 saturated heterocycles. The molecule has 0 amide bonds.